The minimum Gasteiger partial charge on any atom is -0.452 e. The number of hydrogen-bond donors (Lipinski definition) is 2. The molecule has 2 aromatic heterocycles. The summed E-state index contributed by atoms with van der Waals surface area (Å²) >= 11 is 1.66. The van der Waals surface area contributed by atoms with Gasteiger partial charge in [0.15, 0.2) is 6.61 Å². The number of rotatable bonds is 4. The van der Waals surface area contributed by atoms with Crippen LogP contribution in [0.25, 0.3) is 22.6 Å². The highest BCUT2D eigenvalue weighted by molar-refractivity contribution is 7.10. The first-order valence-electron chi connectivity index (χ1n) is 11.5. The van der Waals surface area contributed by atoms with E-state index in [1.165, 1.54) is 7.05 Å². The summed E-state index contributed by atoms with van der Waals surface area (Å²) in [5.41, 5.74) is 3.87. The third-order valence-corrected chi connectivity index (χ3v) is 7.14. The average Bonchev–Trinajstić information content (AvgIpc) is 3.33. The number of urea groups is 1. The Hall–Kier alpha value is -3.52. The zero-order valence-electron chi connectivity index (χ0n) is 20.3. The number of amides is 3. The highest BCUT2D eigenvalue weighted by Gasteiger charge is 2.35. The van der Waals surface area contributed by atoms with E-state index in [4.69, 9.17) is 9.72 Å². The van der Waals surface area contributed by atoms with E-state index in [0.717, 1.165) is 28.1 Å². The van der Waals surface area contributed by atoms with Crippen molar-refractivity contribution in [3.8, 4) is 0 Å². The lowest BCUT2D eigenvalue weighted by atomic mass is 9.69. The van der Waals surface area contributed by atoms with E-state index in [2.05, 4.69) is 43.5 Å². The van der Waals surface area contributed by atoms with Crippen LogP contribution in [0.4, 0.5) is 4.79 Å². The van der Waals surface area contributed by atoms with E-state index in [0.29, 0.717) is 22.9 Å². The minimum absolute atomic E-state index is 0.00640. The van der Waals surface area contributed by atoms with Crippen molar-refractivity contribution >= 4 is 51.8 Å². The summed E-state index contributed by atoms with van der Waals surface area (Å²) in [6, 6.07) is 10.9. The zero-order valence-corrected chi connectivity index (χ0v) is 21.1. The third kappa shape index (κ3) is 5.43. The lowest BCUT2D eigenvalue weighted by Gasteiger charge is -2.36. The SMILES string of the molecule is CNC(=O)NC(=O)COC(=O)c1c2c(nc3ccccc13)C(=Cc1cccs1)CC(C(C)(C)C)C2. The molecular formula is C27H29N3O4S. The molecule has 8 heteroatoms. The number of para-hydroxylation sites is 1. The van der Waals surface area contributed by atoms with E-state index < -0.39 is 24.5 Å². The van der Waals surface area contributed by atoms with Gasteiger partial charge in [-0.3, -0.25) is 10.1 Å². The normalized spacial score (nSPS) is 16.6. The van der Waals surface area contributed by atoms with Crippen molar-refractivity contribution in [2.24, 2.45) is 11.3 Å². The van der Waals surface area contributed by atoms with Crippen LogP contribution in [0.15, 0.2) is 41.8 Å². The Labute approximate surface area is 208 Å². The van der Waals surface area contributed by atoms with Crippen LogP contribution in [-0.4, -0.2) is 36.5 Å². The summed E-state index contributed by atoms with van der Waals surface area (Å²) in [5, 5.41) is 7.13. The van der Waals surface area contributed by atoms with Crippen LogP contribution in [0, 0.1) is 11.3 Å². The lowest BCUT2D eigenvalue weighted by molar-refractivity contribution is -0.123. The van der Waals surface area contributed by atoms with Gasteiger partial charge in [0.1, 0.15) is 0 Å². The lowest BCUT2D eigenvalue weighted by Crippen LogP contribution is -2.39. The molecule has 3 amide bonds. The number of carbonyl (C=O) groups excluding carboxylic acids is 3. The number of hydrogen-bond acceptors (Lipinski definition) is 6. The Balaban J connectivity index is 1.81. The van der Waals surface area contributed by atoms with E-state index in [-0.39, 0.29) is 11.3 Å². The van der Waals surface area contributed by atoms with Gasteiger partial charge in [-0.15, -0.1) is 11.3 Å². The second-order valence-corrected chi connectivity index (χ2v) is 10.7. The fraction of sp³-hybridized carbons (Fsp3) is 0.333. The average molecular weight is 492 g/mol. The first kappa shape index (κ1) is 24.6. The van der Waals surface area contributed by atoms with Gasteiger partial charge in [0, 0.05) is 17.3 Å². The molecule has 0 saturated heterocycles. The van der Waals surface area contributed by atoms with Gasteiger partial charge in [-0.1, -0.05) is 45.0 Å². The number of benzene rings is 1. The Morgan fingerprint density at radius 2 is 1.91 bits per heavy atom. The number of esters is 1. The summed E-state index contributed by atoms with van der Waals surface area (Å²) in [7, 11) is 1.40. The predicted octanol–water partition coefficient (Wildman–Crippen LogP) is 5.06. The molecule has 1 aliphatic rings. The zero-order chi connectivity index (χ0) is 25.2. The Kier molecular flexibility index (Phi) is 7.03. The van der Waals surface area contributed by atoms with Crippen LogP contribution in [0.5, 0.6) is 0 Å². The van der Waals surface area contributed by atoms with Gasteiger partial charge >= 0.3 is 12.0 Å². The molecule has 35 heavy (non-hydrogen) atoms. The highest BCUT2D eigenvalue weighted by Crippen LogP contribution is 2.45. The molecule has 2 N–H and O–H groups in total. The summed E-state index contributed by atoms with van der Waals surface area (Å²) < 4.78 is 5.40. The van der Waals surface area contributed by atoms with Gasteiger partial charge in [0.2, 0.25) is 0 Å². The van der Waals surface area contributed by atoms with Gasteiger partial charge < -0.3 is 10.1 Å². The summed E-state index contributed by atoms with van der Waals surface area (Å²) in [4.78, 5) is 43.0. The number of nitrogens with zero attached hydrogens (tertiary/aromatic N) is 1. The molecule has 1 aromatic carbocycles. The molecule has 0 fully saturated rings. The smallest absolute Gasteiger partial charge is 0.339 e. The number of thiophene rings is 1. The van der Waals surface area contributed by atoms with Crippen molar-refractivity contribution in [3.63, 3.8) is 0 Å². The quantitative estimate of drug-likeness (QED) is 0.498. The molecule has 0 saturated carbocycles. The van der Waals surface area contributed by atoms with E-state index in [9.17, 15) is 14.4 Å². The third-order valence-electron chi connectivity index (χ3n) is 6.32. The Morgan fingerprint density at radius 3 is 2.60 bits per heavy atom. The van der Waals surface area contributed by atoms with Gasteiger partial charge in [-0.05, 0) is 58.9 Å². The van der Waals surface area contributed by atoms with Crippen molar-refractivity contribution in [2.45, 2.75) is 33.6 Å². The number of nitrogens with one attached hydrogen (secondary N) is 2. The molecule has 1 aliphatic carbocycles. The standard InChI is InChI=1S/C27H29N3O4S/c1-27(2,3)17-12-16(13-18-8-7-11-35-18)24-20(14-17)23(19-9-5-6-10-21(19)29-24)25(32)34-15-22(31)30-26(33)28-4/h5-11,13,17H,12,14-15H2,1-4H3,(H2,28,30,31,33). The second kappa shape index (κ2) is 10.00. The molecular weight excluding hydrogens is 462 g/mol. The second-order valence-electron chi connectivity index (χ2n) is 9.69. The molecule has 0 bridgehead atoms. The number of carbonyl (C=O) groups is 3. The number of fused-ring (bicyclic) bond motifs is 2. The Bertz CT molecular complexity index is 1310. The number of imide groups is 1. The molecule has 7 nitrogen and oxygen atoms in total. The fourth-order valence-corrected chi connectivity index (χ4v) is 5.02. The first-order chi connectivity index (χ1) is 16.7. The van der Waals surface area contributed by atoms with Crippen LogP contribution >= 0.6 is 11.3 Å². The largest absolute Gasteiger partial charge is 0.452 e. The van der Waals surface area contributed by atoms with Gasteiger partial charge in [0.05, 0.1) is 16.8 Å². The number of pyridine rings is 1. The molecule has 4 rings (SSSR count). The predicted molar refractivity (Wildman–Crippen MR) is 138 cm³/mol. The number of allylic oxidation sites excluding steroid dienone is 1. The van der Waals surface area contributed by atoms with Crippen LogP contribution < -0.4 is 10.6 Å². The van der Waals surface area contributed by atoms with Crippen molar-refractivity contribution in [1.82, 2.24) is 15.6 Å². The number of aromatic nitrogens is 1. The molecule has 0 aliphatic heterocycles. The van der Waals surface area contributed by atoms with Gasteiger partial charge in [-0.2, -0.15) is 0 Å². The minimum atomic E-state index is -0.698. The first-order valence-corrected chi connectivity index (χ1v) is 12.4. The topological polar surface area (TPSA) is 97.4 Å². The van der Waals surface area contributed by atoms with E-state index >= 15 is 0 Å². The van der Waals surface area contributed by atoms with Gasteiger partial charge in [-0.25, -0.2) is 14.6 Å². The molecule has 3 aromatic rings. The Morgan fingerprint density at radius 1 is 1.14 bits per heavy atom. The van der Waals surface area contributed by atoms with E-state index in [1.54, 1.807) is 11.3 Å². The summed E-state index contributed by atoms with van der Waals surface area (Å²) in [6.45, 7) is 6.07. The number of ether oxygens (including phenoxy) is 1. The molecule has 0 spiro atoms. The fourth-order valence-electron chi connectivity index (χ4n) is 4.34. The maximum atomic E-state index is 13.4. The molecule has 1 unspecified atom stereocenters. The molecule has 0 radical (unpaired) electrons. The van der Waals surface area contributed by atoms with Gasteiger partial charge in [0.25, 0.3) is 5.91 Å². The summed E-state index contributed by atoms with van der Waals surface area (Å²) in [5.74, 6) is -1.01. The van der Waals surface area contributed by atoms with Crippen LogP contribution in [0.3, 0.4) is 0 Å². The van der Waals surface area contributed by atoms with Crippen molar-refractivity contribution in [1.29, 1.82) is 0 Å². The van der Waals surface area contributed by atoms with Crippen LogP contribution in [-0.2, 0) is 16.0 Å². The van der Waals surface area contributed by atoms with Crippen LogP contribution in [0.2, 0.25) is 0 Å². The van der Waals surface area contributed by atoms with Crippen molar-refractivity contribution < 1.29 is 19.1 Å². The highest BCUT2D eigenvalue weighted by atomic mass is 32.1. The van der Waals surface area contributed by atoms with Crippen molar-refractivity contribution in [3.05, 3.63) is 63.5 Å². The van der Waals surface area contributed by atoms with Crippen LogP contribution in [0.1, 0.15) is 53.7 Å². The van der Waals surface area contributed by atoms with E-state index in [1.807, 2.05) is 35.7 Å². The molecule has 2 heterocycles. The maximum absolute atomic E-state index is 13.4. The monoisotopic (exact) mass is 491 g/mol. The molecule has 182 valence electrons. The summed E-state index contributed by atoms with van der Waals surface area (Å²) in [6.07, 6.45) is 3.69. The maximum Gasteiger partial charge on any atom is 0.339 e. The molecule has 1 atom stereocenters. The van der Waals surface area contributed by atoms with Crippen molar-refractivity contribution in [2.75, 3.05) is 13.7 Å².